The predicted molar refractivity (Wildman–Crippen MR) is 117 cm³/mol. The first-order valence-electron chi connectivity index (χ1n) is 9.81. The topological polar surface area (TPSA) is 48.5 Å². The van der Waals surface area contributed by atoms with E-state index in [1.165, 1.54) is 5.56 Å². The summed E-state index contributed by atoms with van der Waals surface area (Å²) < 4.78 is 0. The van der Waals surface area contributed by atoms with Crippen LogP contribution in [-0.2, 0) is 6.54 Å². The Bertz CT molecular complexity index is 810. The molecule has 2 aliphatic rings. The minimum Gasteiger partial charge on any atom is -0.371 e. The lowest BCUT2D eigenvalue weighted by Gasteiger charge is -2.44. The average molecular weight is 385 g/mol. The summed E-state index contributed by atoms with van der Waals surface area (Å²) in [7, 11) is 0. The van der Waals surface area contributed by atoms with E-state index in [2.05, 4.69) is 53.2 Å². The largest absolute Gasteiger partial charge is 0.371 e. The third kappa shape index (κ3) is 4.28. The average Bonchev–Trinajstić information content (AvgIpc) is 2.70. The summed E-state index contributed by atoms with van der Waals surface area (Å²) in [6.45, 7) is 8.61. The van der Waals surface area contributed by atoms with E-state index < -0.39 is 0 Å². The zero-order chi connectivity index (χ0) is 19.3. The number of nitrogens with zero attached hydrogens (tertiary/aromatic N) is 1. The summed E-state index contributed by atoms with van der Waals surface area (Å²) in [4.78, 5) is 4.95. The molecule has 3 N–H and O–H groups in total. The highest BCUT2D eigenvalue weighted by atomic mass is 35.5. The number of fused-ring (bicyclic) bond motifs is 1. The highest BCUT2D eigenvalue weighted by Crippen LogP contribution is 2.36. The van der Waals surface area contributed by atoms with Crippen molar-refractivity contribution in [2.24, 2.45) is 4.99 Å². The van der Waals surface area contributed by atoms with Crippen LogP contribution in [0.4, 0.5) is 11.4 Å². The molecule has 0 bridgehead atoms. The molecule has 2 aromatic rings. The van der Waals surface area contributed by atoms with Crippen LogP contribution in [0.2, 0.25) is 5.02 Å². The molecule has 0 aromatic heterocycles. The SMILES string of the molecule is CC.Cc1ccc(CN=C2Nc3ccccc3NC23CCNCC3)c(Cl)c1. The van der Waals surface area contributed by atoms with Crippen molar-refractivity contribution in [1.29, 1.82) is 0 Å². The number of piperidine rings is 1. The second-order valence-electron chi connectivity index (χ2n) is 6.89. The van der Waals surface area contributed by atoms with Crippen molar-refractivity contribution in [3.8, 4) is 0 Å². The van der Waals surface area contributed by atoms with E-state index in [1.807, 2.05) is 26.0 Å². The molecule has 1 saturated heterocycles. The Balaban J connectivity index is 0.00000102. The molecule has 2 heterocycles. The molecule has 0 amide bonds. The van der Waals surface area contributed by atoms with Crippen LogP contribution in [0, 0.1) is 6.92 Å². The first-order valence-corrected chi connectivity index (χ1v) is 10.2. The van der Waals surface area contributed by atoms with Crippen molar-refractivity contribution in [2.75, 3.05) is 23.7 Å². The van der Waals surface area contributed by atoms with Gasteiger partial charge < -0.3 is 16.0 Å². The molecule has 2 aliphatic heterocycles. The van der Waals surface area contributed by atoms with Crippen LogP contribution in [0.15, 0.2) is 47.5 Å². The van der Waals surface area contributed by atoms with Crippen molar-refractivity contribution < 1.29 is 0 Å². The standard InChI is InChI=1S/C20H23ClN4.C2H6/c1-14-6-7-15(16(21)12-14)13-23-19-20(8-10-22-11-9-20)25-18-5-3-2-4-17(18)24-19;1-2/h2-7,12,22,25H,8-11,13H2,1H3,(H,23,24);1-2H3. The fourth-order valence-electron chi connectivity index (χ4n) is 3.62. The van der Waals surface area contributed by atoms with Crippen LogP contribution in [0.5, 0.6) is 0 Å². The number of aryl methyl sites for hydroxylation is 1. The third-order valence-corrected chi connectivity index (χ3v) is 5.43. The molecular weight excluding hydrogens is 356 g/mol. The molecule has 4 nitrogen and oxygen atoms in total. The summed E-state index contributed by atoms with van der Waals surface area (Å²) in [5, 5.41) is 11.6. The van der Waals surface area contributed by atoms with E-state index >= 15 is 0 Å². The fourth-order valence-corrected chi connectivity index (χ4v) is 3.91. The molecule has 1 fully saturated rings. The number of aliphatic imine (C=N–C) groups is 1. The van der Waals surface area contributed by atoms with Crippen LogP contribution in [-0.4, -0.2) is 24.5 Å². The highest BCUT2D eigenvalue weighted by Gasteiger charge is 2.40. The van der Waals surface area contributed by atoms with Gasteiger partial charge in [0.25, 0.3) is 0 Å². The molecule has 0 aliphatic carbocycles. The number of benzene rings is 2. The Morgan fingerprint density at radius 3 is 2.44 bits per heavy atom. The highest BCUT2D eigenvalue weighted by molar-refractivity contribution is 6.31. The van der Waals surface area contributed by atoms with Crippen LogP contribution in [0.1, 0.15) is 37.8 Å². The Labute approximate surface area is 167 Å². The number of para-hydroxylation sites is 2. The van der Waals surface area contributed by atoms with E-state index in [4.69, 9.17) is 16.6 Å². The summed E-state index contributed by atoms with van der Waals surface area (Å²) in [5.74, 6) is 1.02. The number of hydrogen-bond donors (Lipinski definition) is 3. The minimum absolute atomic E-state index is 0.128. The quantitative estimate of drug-likeness (QED) is 0.664. The van der Waals surface area contributed by atoms with Gasteiger partial charge in [-0.25, -0.2) is 0 Å². The Hall–Kier alpha value is -2.04. The molecular formula is C22H29ClN4. The van der Waals surface area contributed by atoms with E-state index in [0.29, 0.717) is 6.54 Å². The maximum Gasteiger partial charge on any atom is 0.127 e. The first kappa shape index (κ1) is 19.7. The Kier molecular flexibility index (Phi) is 6.40. The molecule has 0 unspecified atom stereocenters. The number of anilines is 2. The van der Waals surface area contributed by atoms with E-state index in [1.54, 1.807) is 0 Å². The number of nitrogens with one attached hydrogen (secondary N) is 3. The van der Waals surface area contributed by atoms with Gasteiger partial charge in [0.2, 0.25) is 0 Å². The first-order chi connectivity index (χ1) is 13.2. The van der Waals surface area contributed by atoms with E-state index in [-0.39, 0.29) is 5.54 Å². The van der Waals surface area contributed by atoms with Crippen molar-refractivity contribution in [3.63, 3.8) is 0 Å². The van der Waals surface area contributed by atoms with Crippen LogP contribution < -0.4 is 16.0 Å². The van der Waals surface area contributed by atoms with Gasteiger partial charge in [-0.1, -0.05) is 49.7 Å². The van der Waals surface area contributed by atoms with Gasteiger partial charge in [0, 0.05) is 5.02 Å². The van der Waals surface area contributed by atoms with Gasteiger partial charge in [-0.05, 0) is 62.2 Å². The van der Waals surface area contributed by atoms with Gasteiger partial charge in [-0.15, -0.1) is 0 Å². The maximum atomic E-state index is 6.39. The molecule has 144 valence electrons. The molecule has 4 rings (SSSR count). The normalized spacial score (nSPS) is 18.7. The molecule has 27 heavy (non-hydrogen) atoms. The van der Waals surface area contributed by atoms with Crippen LogP contribution in [0.3, 0.4) is 0 Å². The van der Waals surface area contributed by atoms with Crippen LogP contribution in [0.25, 0.3) is 0 Å². The molecule has 0 saturated carbocycles. The third-order valence-electron chi connectivity index (χ3n) is 5.08. The van der Waals surface area contributed by atoms with Crippen molar-refractivity contribution in [3.05, 3.63) is 58.6 Å². The Morgan fingerprint density at radius 2 is 1.74 bits per heavy atom. The second kappa shape index (κ2) is 8.77. The van der Waals surface area contributed by atoms with Gasteiger partial charge >= 0.3 is 0 Å². The number of halogens is 1. The van der Waals surface area contributed by atoms with Gasteiger partial charge in [0.1, 0.15) is 5.84 Å². The number of amidine groups is 1. The van der Waals surface area contributed by atoms with Crippen molar-refractivity contribution in [2.45, 2.75) is 45.7 Å². The summed E-state index contributed by atoms with van der Waals surface area (Å²) in [6.07, 6.45) is 2.02. The van der Waals surface area contributed by atoms with Crippen molar-refractivity contribution in [1.82, 2.24) is 5.32 Å². The summed E-state index contributed by atoms with van der Waals surface area (Å²) in [5.41, 5.74) is 4.33. The van der Waals surface area contributed by atoms with E-state index in [9.17, 15) is 0 Å². The van der Waals surface area contributed by atoms with Gasteiger partial charge in [-0.2, -0.15) is 0 Å². The summed E-state index contributed by atoms with van der Waals surface area (Å²) >= 11 is 6.39. The lowest BCUT2D eigenvalue weighted by Crippen LogP contribution is -2.57. The van der Waals surface area contributed by atoms with Gasteiger partial charge in [0.15, 0.2) is 0 Å². The minimum atomic E-state index is -0.128. The smallest absolute Gasteiger partial charge is 0.127 e. The van der Waals surface area contributed by atoms with Crippen LogP contribution >= 0.6 is 11.6 Å². The van der Waals surface area contributed by atoms with E-state index in [0.717, 1.165) is 53.7 Å². The van der Waals surface area contributed by atoms with Gasteiger partial charge in [-0.3, -0.25) is 4.99 Å². The van der Waals surface area contributed by atoms with Crippen molar-refractivity contribution >= 4 is 28.8 Å². The summed E-state index contributed by atoms with van der Waals surface area (Å²) in [6, 6.07) is 14.5. The maximum absolute atomic E-state index is 6.39. The van der Waals surface area contributed by atoms with Gasteiger partial charge in [0.05, 0.1) is 23.5 Å². The zero-order valence-corrected chi connectivity index (χ0v) is 17.2. The monoisotopic (exact) mass is 384 g/mol. The number of rotatable bonds is 2. The molecule has 0 atom stereocenters. The molecule has 5 heteroatoms. The molecule has 2 aromatic carbocycles. The predicted octanol–water partition coefficient (Wildman–Crippen LogP) is 5.23. The Morgan fingerprint density at radius 1 is 1.04 bits per heavy atom. The number of hydrogen-bond acceptors (Lipinski definition) is 3. The lowest BCUT2D eigenvalue weighted by molar-refractivity contribution is 0.419. The second-order valence-corrected chi connectivity index (χ2v) is 7.29. The molecule has 1 spiro atoms. The fraction of sp³-hybridized carbons (Fsp3) is 0.409. The molecule has 0 radical (unpaired) electrons. The lowest BCUT2D eigenvalue weighted by atomic mass is 9.84. The zero-order valence-electron chi connectivity index (χ0n) is 16.4.